The number of piperidine rings is 1. The van der Waals surface area contributed by atoms with Gasteiger partial charge in [-0.2, -0.15) is 0 Å². The van der Waals surface area contributed by atoms with Crippen LogP contribution < -0.4 is 5.56 Å². The highest BCUT2D eigenvalue weighted by Crippen LogP contribution is 2.30. The minimum absolute atomic E-state index is 0.0243. The minimum Gasteiger partial charge on any atom is -0.370 e. The zero-order valence-corrected chi connectivity index (χ0v) is 14.5. The van der Waals surface area contributed by atoms with Gasteiger partial charge in [0.2, 0.25) is 0 Å². The molecule has 2 aliphatic rings. The van der Waals surface area contributed by atoms with Crippen molar-refractivity contribution in [2.45, 2.75) is 25.2 Å². The van der Waals surface area contributed by atoms with E-state index < -0.39 is 0 Å². The number of ether oxygens (including phenoxy) is 1. The number of para-hydroxylation sites is 1. The number of H-pyrrole nitrogens is 1. The van der Waals surface area contributed by atoms with Crippen molar-refractivity contribution in [3.05, 3.63) is 64.3 Å². The van der Waals surface area contributed by atoms with E-state index in [2.05, 4.69) is 15.4 Å². The van der Waals surface area contributed by atoms with Gasteiger partial charge < -0.3 is 9.64 Å². The molecule has 1 N–H and O–H groups in total. The molecule has 0 aliphatic carbocycles. The number of nitrogens with zero attached hydrogens (tertiary/aromatic N) is 5. The van der Waals surface area contributed by atoms with Crippen molar-refractivity contribution in [3.8, 4) is 5.69 Å². The molecule has 1 aromatic carbocycles. The number of benzene rings is 1. The quantitative estimate of drug-likeness (QED) is 0.721. The molecule has 0 spiro atoms. The first-order valence-electron chi connectivity index (χ1n) is 8.88. The number of rotatable bonds is 2. The van der Waals surface area contributed by atoms with Crippen molar-refractivity contribution in [2.75, 3.05) is 13.1 Å². The van der Waals surface area contributed by atoms with Gasteiger partial charge in [-0.3, -0.25) is 14.7 Å². The highest BCUT2D eigenvalue weighted by Gasteiger charge is 2.38. The van der Waals surface area contributed by atoms with Crippen molar-refractivity contribution >= 4 is 5.91 Å². The van der Waals surface area contributed by atoms with Gasteiger partial charge in [-0.25, -0.2) is 9.36 Å². The summed E-state index contributed by atoms with van der Waals surface area (Å²) >= 11 is 0. The fraction of sp³-hybridized carbons (Fsp3) is 0.333. The second kappa shape index (κ2) is 6.20. The van der Waals surface area contributed by atoms with Gasteiger partial charge in [-0.05, 0) is 18.6 Å². The lowest BCUT2D eigenvalue weighted by atomic mass is 10.00. The summed E-state index contributed by atoms with van der Waals surface area (Å²) in [5.41, 5.74) is 1.61. The first-order chi connectivity index (χ1) is 13.2. The lowest BCUT2D eigenvalue weighted by molar-refractivity contribution is -0.0605. The SMILES string of the molecule is O=C(c1cc(=O)n(-c2ccccc2)[nH]1)N1CC[C@@H]2OCc3cnnn3[C@H]2C1. The fourth-order valence-corrected chi connectivity index (χ4v) is 3.81. The Morgan fingerprint density at radius 3 is 2.96 bits per heavy atom. The Morgan fingerprint density at radius 1 is 1.26 bits per heavy atom. The molecule has 0 saturated carbocycles. The van der Waals surface area contributed by atoms with Crippen molar-refractivity contribution < 1.29 is 9.53 Å². The Labute approximate surface area is 154 Å². The Hall–Kier alpha value is -3.20. The number of nitrogens with one attached hydrogen (secondary N) is 1. The van der Waals surface area contributed by atoms with E-state index in [4.69, 9.17) is 4.74 Å². The van der Waals surface area contributed by atoms with Crippen LogP contribution in [-0.4, -0.2) is 54.8 Å². The van der Waals surface area contributed by atoms with E-state index >= 15 is 0 Å². The van der Waals surface area contributed by atoms with Crippen LogP contribution in [-0.2, 0) is 11.3 Å². The Kier molecular flexibility index (Phi) is 3.68. The van der Waals surface area contributed by atoms with Gasteiger partial charge in [0.25, 0.3) is 11.5 Å². The number of likely N-dealkylation sites (tertiary alicyclic amines) is 1. The van der Waals surface area contributed by atoms with Gasteiger partial charge in [0, 0.05) is 19.2 Å². The summed E-state index contributed by atoms with van der Waals surface area (Å²) in [6, 6.07) is 10.5. The number of amides is 1. The van der Waals surface area contributed by atoms with Gasteiger partial charge in [-0.15, -0.1) is 5.10 Å². The van der Waals surface area contributed by atoms with Crippen LogP contribution in [0.15, 0.2) is 47.4 Å². The minimum atomic E-state index is -0.265. The summed E-state index contributed by atoms with van der Waals surface area (Å²) in [5, 5.41) is 11.0. The third-order valence-corrected chi connectivity index (χ3v) is 5.18. The van der Waals surface area contributed by atoms with Crippen molar-refractivity contribution in [1.29, 1.82) is 0 Å². The number of aromatic amines is 1. The van der Waals surface area contributed by atoms with E-state index in [1.807, 2.05) is 35.0 Å². The van der Waals surface area contributed by atoms with Gasteiger partial charge in [0.05, 0.1) is 36.3 Å². The molecule has 9 nitrogen and oxygen atoms in total. The summed E-state index contributed by atoms with van der Waals surface area (Å²) in [6.45, 7) is 1.54. The van der Waals surface area contributed by atoms with Crippen molar-refractivity contribution in [2.24, 2.45) is 0 Å². The van der Waals surface area contributed by atoms with Crippen LogP contribution >= 0.6 is 0 Å². The number of aromatic nitrogens is 5. The second-order valence-corrected chi connectivity index (χ2v) is 6.81. The van der Waals surface area contributed by atoms with Crippen LogP contribution in [0.1, 0.15) is 28.6 Å². The molecule has 2 aromatic heterocycles. The molecule has 1 amide bonds. The third-order valence-electron chi connectivity index (χ3n) is 5.18. The van der Waals surface area contributed by atoms with Crippen LogP contribution in [0.5, 0.6) is 0 Å². The molecule has 2 atom stereocenters. The molecule has 0 radical (unpaired) electrons. The van der Waals surface area contributed by atoms with Crippen LogP contribution in [0, 0.1) is 0 Å². The number of fused-ring (bicyclic) bond motifs is 3. The predicted molar refractivity (Wildman–Crippen MR) is 94.5 cm³/mol. The average Bonchev–Trinajstić information content (AvgIpc) is 3.34. The highest BCUT2D eigenvalue weighted by atomic mass is 16.5. The molecule has 3 aromatic rings. The van der Waals surface area contributed by atoms with E-state index in [0.29, 0.717) is 25.4 Å². The molecule has 5 rings (SSSR count). The molecule has 4 heterocycles. The summed E-state index contributed by atoms with van der Waals surface area (Å²) < 4.78 is 9.11. The zero-order valence-electron chi connectivity index (χ0n) is 14.5. The van der Waals surface area contributed by atoms with E-state index in [0.717, 1.165) is 12.1 Å². The predicted octanol–water partition coefficient (Wildman–Crippen LogP) is 0.743. The summed E-state index contributed by atoms with van der Waals surface area (Å²) in [7, 11) is 0. The first kappa shape index (κ1) is 16.0. The van der Waals surface area contributed by atoms with Crippen LogP contribution in [0.4, 0.5) is 0 Å². The normalized spacial score (nSPS) is 21.6. The molecular weight excluding hydrogens is 348 g/mol. The Morgan fingerprint density at radius 2 is 2.11 bits per heavy atom. The number of carbonyl (C=O) groups excluding carboxylic acids is 1. The zero-order chi connectivity index (χ0) is 18.4. The standard InChI is InChI=1S/C18H18N6O3/c25-17-8-14(20-24(17)12-4-2-1-3-5-12)18(26)22-7-6-16-15(10-22)23-13(11-27-16)9-19-21-23/h1-5,8-9,15-16,20H,6-7,10-11H2/t15-,16-/m0/s1. The number of hydrogen-bond acceptors (Lipinski definition) is 5. The van der Waals surface area contributed by atoms with Crippen LogP contribution in [0.3, 0.4) is 0 Å². The van der Waals surface area contributed by atoms with E-state index in [9.17, 15) is 9.59 Å². The molecule has 1 fully saturated rings. The van der Waals surface area contributed by atoms with Crippen LogP contribution in [0.25, 0.3) is 5.69 Å². The smallest absolute Gasteiger partial charge is 0.272 e. The largest absolute Gasteiger partial charge is 0.370 e. The van der Waals surface area contributed by atoms with Crippen LogP contribution in [0.2, 0.25) is 0 Å². The molecular formula is C18H18N6O3. The summed E-state index contributed by atoms with van der Waals surface area (Å²) in [4.78, 5) is 27.0. The molecule has 1 saturated heterocycles. The van der Waals surface area contributed by atoms with Crippen molar-refractivity contribution in [1.82, 2.24) is 29.7 Å². The molecule has 138 valence electrons. The van der Waals surface area contributed by atoms with Gasteiger partial charge in [0.1, 0.15) is 5.69 Å². The molecule has 0 bridgehead atoms. The molecule has 2 aliphatic heterocycles. The summed E-state index contributed by atoms with van der Waals surface area (Å²) in [6.07, 6.45) is 2.43. The van der Waals surface area contributed by atoms with Gasteiger partial charge >= 0.3 is 0 Å². The van der Waals surface area contributed by atoms with E-state index in [1.54, 1.807) is 11.1 Å². The maximum absolute atomic E-state index is 13.0. The van der Waals surface area contributed by atoms with Crippen molar-refractivity contribution in [3.63, 3.8) is 0 Å². The average molecular weight is 366 g/mol. The molecule has 27 heavy (non-hydrogen) atoms. The molecule has 9 heteroatoms. The third kappa shape index (κ3) is 2.67. The fourth-order valence-electron chi connectivity index (χ4n) is 3.81. The first-order valence-corrected chi connectivity index (χ1v) is 8.88. The maximum atomic E-state index is 13.0. The van der Waals surface area contributed by atoms with E-state index in [-0.39, 0.29) is 29.3 Å². The summed E-state index contributed by atoms with van der Waals surface area (Å²) in [5.74, 6) is -0.201. The second-order valence-electron chi connectivity index (χ2n) is 6.81. The Balaban J connectivity index is 1.40. The maximum Gasteiger partial charge on any atom is 0.272 e. The highest BCUT2D eigenvalue weighted by molar-refractivity contribution is 5.92. The van der Waals surface area contributed by atoms with Gasteiger partial charge in [0.15, 0.2) is 0 Å². The van der Waals surface area contributed by atoms with E-state index in [1.165, 1.54) is 10.7 Å². The lowest BCUT2D eigenvalue weighted by Gasteiger charge is -2.40. The number of carbonyl (C=O) groups is 1. The van der Waals surface area contributed by atoms with Gasteiger partial charge in [-0.1, -0.05) is 23.4 Å². The monoisotopic (exact) mass is 366 g/mol. The number of hydrogen-bond donors (Lipinski definition) is 1. The topological polar surface area (TPSA) is 98.0 Å². The molecule has 0 unspecified atom stereocenters. The lowest BCUT2D eigenvalue weighted by Crippen LogP contribution is -2.50. The Bertz CT molecular complexity index is 1040.